The van der Waals surface area contributed by atoms with E-state index in [-0.39, 0.29) is 6.29 Å². The van der Waals surface area contributed by atoms with Crippen molar-refractivity contribution in [2.24, 2.45) is 5.92 Å². The van der Waals surface area contributed by atoms with Crippen molar-refractivity contribution in [1.29, 1.82) is 0 Å². The Kier molecular flexibility index (Phi) is 19.4. The van der Waals surface area contributed by atoms with Crippen molar-refractivity contribution < 1.29 is 14.2 Å². The Balaban J connectivity index is 4.15. The minimum Gasteiger partial charge on any atom is -0.502 e. The van der Waals surface area contributed by atoms with Crippen molar-refractivity contribution in [1.82, 2.24) is 0 Å². The van der Waals surface area contributed by atoms with E-state index in [4.69, 9.17) is 14.2 Å². The van der Waals surface area contributed by atoms with Gasteiger partial charge in [0.15, 0.2) is 6.29 Å². The summed E-state index contributed by atoms with van der Waals surface area (Å²) in [5, 5.41) is 0. The molecule has 0 rings (SSSR count). The molecule has 0 aromatic carbocycles. The average molecular weight is 357 g/mol. The maximum atomic E-state index is 5.87. The van der Waals surface area contributed by atoms with E-state index < -0.39 is 0 Å². The van der Waals surface area contributed by atoms with Gasteiger partial charge in [-0.25, -0.2) is 0 Å². The van der Waals surface area contributed by atoms with Crippen LogP contribution in [0.1, 0.15) is 98.3 Å². The number of allylic oxidation sites excluding steroid dienone is 1. The van der Waals surface area contributed by atoms with E-state index in [1.807, 2.05) is 6.26 Å². The SMILES string of the molecule is CCC=COCCCC(CCCCCCCCC)C(OCC)OCC. The Hall–Kier alpha value is -0.540. The smallest absolute Gasteiger partial charge is 0.160 e. The first-order valence-electron chi connectivity index (χ1n) is 10.8. The third kappa shape index (κ3) is 15.4. The number of rotatable bonds is 19. The second-order valence-corrected chi connectivity index (χ2v) is 6.74. The summed E-state index contributed by atoms with van der Waals surface area (Å²) in [6.07, 6.45) is 17.7. The highest BCUT2D eigenvalue weighted by Gasteiger charge is 2.21. The third-order valence-corrected chi connectivity index (χ3v) is 4.49. The summed E-state index contributed by atoms with van der Waals surface area (Å²) < 4.78 is 17.3. The van der Waals surface area contributed by atoms with Gasteiger partial charge in [0.2, 0.25) is 0 Å². The van der Waals surface area contributed by atoms with Crippen LogP contribution in [0.2, 0.25) is 0 Å². The van der Waals surface area contributed by atoms with Crippen molar-refractivity contribution in [2.75, 3.05) is 19.8 Å². The first kappa shape index (κ1) is 24.5. The van der Waals surface area contributed by atoms with Crippen LogP contribution in [0.15, 0.2) is 12.3 Å². The highest BCUT2D eigenvalue weighted by molar-refractivity contribution is 4.71. The van der Waals surface area contributed by atoms with Crippen molar-refractivity contribution >= 4 is 0 Å². The standard InChI is InChI=1S/C22H44O3/c1-5-9-11-12-13-14-15-17-21(22(24-7-3)25-8-4)18-16-20-23-19-10-6-2/h10,19,21-22H,5-9,11-18,20H2,1-4H3. The second-order valence-electron chi connectivity index (χ2n) is 6.74. The molecule has 1 atom stereocenters. The lowest BCUT2D eigenvalue weighted by atomic mass is 9.95. The quantitative estimate of drug-likeness (QED) is 0.144. The van der Waals surface area contributed by atoms with Gasteiger partial charge in [-0.1, -0.05) is 64.9 Å². The molecule has 0 bridgehead atoms. The molecular weight excluding hydrogens is 312 g/mol. The Labute approximate surface area is 157 Å². The van der Waals surface area contributed by atoms with Crippen molar-refractivity contribution in [3.63, 3.8) is 0 Å². The lowest BCUT2D eigenvalue weighted by molar-refractivity contribution is -0.170. The first-order chi connectivity index (χ1) is 12.3. The Morgan fingerprint density at radius 2 is 1.32 bits per heavy atom. The molecule has 0 spiro atoms. The molecule has 25 heavy (non-hydrogen) atoms. The number of ether oxygens (including phenoxy) is 3. The van der Waals surface area contributed by atoms with Crippen LogP contribution < -0.4 is 0 Å². The van der Waals surface area contributed by atoms with Crippen LogP contribution in [0.4, 0.5) is 0 Å². The fourth-order valence-electron chi connectivity index (χ4n) is 3.09. The monoisotopic (exact) mass is 356 g/mol. The second kappa shape index (κ2) is 19.8. The fourth-order valence-corrected chi connectivity index (χ4v) is 3.09. The minimum absolute atomic E-state index is 0.0544. The van der Waals surface area contributed by atoms with Crippen LogP contribution in [-0.2, 0) is 14.2 Å². The lowest BCUT2D eigenvalue weighted by Crippen LogP contribution is -2.28. The fraction of sp³-hybridized carbons (Fsp3) is 0.909. The zero-order valence-electron chi connectivity index (χ0n) is 17.4. The summed E-state index contributed by atoms with van der Waals surface area (Å²) in [6.45, 7) is 10.7. The van der Waals surface area contributed by atoms with Gasteiger partial charge in [0, 0.05) is 19.1 Å². The van der Waals surface area contributed by atoms with E-state index in [9.17, 15) is 0 Å². The maximum absolute atomic E-state index is 5.87. The van der Waals surface area contributed by atoms with Crippen LogP contribution in [0.3, 0.4) is 0 Å². The molecule has 0 fully saturated rings. The van der Waals surface area contributed by atoms with E-state index >= 15 is 0 Å². The highest BCUT2D eigenvalue weighted by atomic mass is 16.7. The van der Waals surface area contributed by atoms with Crippen LogP contribution in [0, 0.1) is 5.92 Å². The molecule has 3 nitrogen and oxygen atoms in total. The van der Waals surface area contributed by atoms with Gasteiger partial charge in [-0.3, -0.25) is 0 Å². The van der Waals surface area contributed by atoms with Gasteiger partial charge in [0.05, 0.1) is 12.9 Å². The molecule has 0 N–H and O–H groups in total. The van der Waals surface area contributed by atoms with Gasteiger partial charge in [0.1, 0.15) is 0 Å². The van der Waals surface area contributed by atoms with Gasteiger partial charge in [-0.15, -0.1) is 0 Å². The molecule has 3 heteroatoms. The molecule has 0 aliphatic heterocycles. The predicted octanol–water partition coefficient (Wildman–Crippen LogP) is 6.86. The maximum Gasteiger partial charge on any atom is 0.160 e. The van der Waals surface area contributed by atoms with Gasteiger partial charge < -0.3 is 14.2 Å². The summed E-state index contributed by atoms with van der Waals surface area (Å²) in [5.74, 6) is 0.481. The summed E-state index contributed by atoms with van der Waals surface area (Å²) >= 11 is 0. The average Bonchev–Trinajstić information content (AvgIpc) is 2.62. The van der Waals surface area contributed by atoms with Crippen LogP contribution in [-0.4, -0.2) is 26.1 Å². The molecular formula is C22H44O3. The molecule has 0 aromatic heterocycles. The van der Waals surface area contributed by atoms with E-state index in [1.165, 1.54) is 51.4 Å². The minimum atomic E-state index is -0.0544. The van der Waals surface area contributed by atoms with Crippen LogP contribution in [0.25, 0.3) is 0 Å². The van der Waals surface area contributed by atoms with E-state index in [0.717, 1.165) is 25.9 Å². The molecule has 0 aromatic rings. The molecule has 1 unspecified atom stereocenters. The Bertz CT molecular complexity index is 272. The topological polar surface area (TPSA) is 27.7 Å². The van der Waals surface area contributed by atoms with E-state index in [0.29, 0.717) is 19.1 Å². The number of hydrogen-bond donors (Lipinski definition) is 0. The summed E-state index contributed by atoms with van der Waals surface area (Å²) in [5.41, 5.74) is 0. The molecule has 0 aliphatic rings. The zero-order valence-corrected chi connectivity index (χ0v) is 17.4. The Morgan fingerprint density at radius 3 is 1.92 bits per heavy atom. The van der Waals surface area contributed by atoms with Crippen molar-refractivity contribution in [3.05, 3.63) is 12.3 Å². The zero-order chi connectivity index (χ0) is 18.6. The third-order valence-electron chi connectivity index (χ3n) is 4.49. The molecule has 0 saturated carbocycles. The van der Waals surface area contributed by atoms with Gasteiger partial charge in [0.25, 0.3) is 0 Å². The number of hydrogen-bond acceptors (Lipinski definition) is 3. The molecule has 0 aliphatic carbocycles. The highest BCUT2D eigenvalue weighted by Crippen LogP contribution is 2.23. The van der Waals surface area contributed by atoms with Crippen molar-refractivity contribution in [2.45, 2.75) is 105 Å². The van der Waals surface area contributed by atoms with Crippen LogP contribution >= 0.6 is 0 Å². The van der Waals surface area contributed by atoms with E-state index in [2.05, 4.69) is 33.8 Å². The molecule has 150 valence electrons. The largest absolute Gasteiger partial charge is 0.502 e. The molecule has 0 amide bonds. The normalized spacial score (nSPS) is 13.0. The molecule has 0 radical (unpaired) electrons. The summed E-state index contributed by atoms with van der Waals surface area (Å²) in [6, 6.07) is 0. The lowest BCUT2D eigenvalue weighted by Gasteiger charge is -2.27. The van der Waals surface area contributed by atoms with Gasteiger partial charge >= 0.3 is 0 Å². The van der Waals surface area contributed by atoms with Gasteiger partial charge in [-0.2, -0.15) is 0 Å². The molecule has 0 saturated heterocycles. The van der Waals surface area contributed by atoms with Gasteiger partial charge in [-0.05, 0) is 39.5 Å². The van der Waals surface area contributed by atoms with Crippen LogP contribution in [0.5, 0.6) is 0 Å². The summed E-state index contributed by atoms with van der Waals surface area (Å²) in [4.78, 5) is 0. The van der Waals surface area contributed by atoms with Crippen molar-refractivity contribution in [3.8, 4) is 0 Å². The first-order valence-corrected chi connectivity index (χ1v) is 10.8. The summed E-state index contributed by atoms with van der Waals surface area (Å²) in [7, 11) is 0. The molecule has 0 heterocycles. The van der Waals surface area contributed by atoms with E-state index in [1.54, 1.807) is 0 Å². The number of unbranched alkanes of at least 4 members (excludes halogenated alkanes) is 6. The Morgan fingerprint density at radius 1 is 0.720 bits per heavy atom. The predicted molar refractivity (Wildman–Crippen MR) is 108 cm³/mol.